The van der Waals surface area contributed by atoms with Crippen LogP contribution in [0.2, 0.25) is 0 Å². The number of ether oxygens (including phenoxy) is 1. The summed E-state index contributed by atoms with van der Waals surface area (Å²) in [5.74, 6) is -1.70. The minimum atomic E-state index is -0.833. The van der Waals surface area contributed by atoms with E-state index >= 15 is 0 Å². The van der Waals surface area contributed by atoms with Gasteiger partial charge in [0.2, 0.25) is 5.91 Å². The van der Waals surface area contributed by atoms with Crippen molar-refractivity contribution in [2.75, 3.05) is 26.2 Å². The van der Waals surface area contributed by atoms with Crippen LogP contribution < -0.4 is 10.6 Å². The molecular formula is C25H35N5O6. The van der Waals surface area contributed by atoms with Gasteiger partial charge in [-0.2, -0.15) is 5.10 Å². The smallest absolute Gasteiger partial charge is 0.300 e. The van der Waals surface area contributed by atoms with E-state index in [2.05, 4.69) is 38.4 Å². The molecule has 4 N–H and O–H groups in total. The van der Waals surface area contributed by atoms with Crippen molar-refractivity contribution in [3.63, 3.8) is 0 Å². The van der Waals surface area contributed by atoms with E-state index in [-0.39, 0.29) is 18.6 Å². The Morgan fingerprint density at radius 2 is 1.86 bits per heavy atom. The molecule has 11 nitrogen and oxygen atoms in total. The fourth-order valence-electron chi connectivity index (χ4n) is 4.79. The lowest BCUT2D eigenvalue weighted by molar-refractivity contribution is -0.152. The number of likely N-dealkylation sites (tertiary alicyclic amines) is 1. The fraction of sp³-hybridized carbons (Fsp3) is 0.520. The van der Waals surface area contributed by atoms with Gasteiger partial charge in [-0.1, -0.05) is 30.3 Å². The molecule has 2 aromatic rings. The normalized spacial score (nSPS) is 23.3. The highest BCUT2D eigenvalue weighted by Gasteiger charge is 2.49. The number of aromatic nitrogens is 2. The molecule has 0 spiro atoms. The summed E-state index contributed by atoms with van der Waals surface area (Å²) < 4.78 is 8.17. The third kappa shape index (κ3) is 7.36. The Hall–Kier alpha value is -3.28. The summed E-state index contributed by atoms with van der Waals surface area (Å²) in [4.78, 5) is 32.5. The van der Waals surface area contributed by atoms with Crippen molar-refractivity contribution in [1.29, 1.82) is 0 Å². The molecule has 3 aliphatic rings. The van der Waals surface area contributed by atoms with Crippen molar-refractivity contribution in [2.24, 2.45) is 0 Å². The number of carbonyl (C=O) groups excluding carboxylic acids is 1. The number of carbonyl (C=O) groups is 3. The van der Waals surface area contributed by atoms with Crippen LogP contribution in [-0.2, 0) is 44.3 Å². The third-order valence-corrected chi connectivity index (χ3v) is 6.19. The molecule has 5 rings (SSSR count). The standard InChI is InChI=1S/C21H27N5O2.2C2H4O2/c27-20-15-28-19-14-25(10-7-21(19,23-20)16-5-2-1-3-6-16)13-17-11-18-12-22-8-4-9-26(18)24-17;2*1-2(3)4/h1-3,5-6,11,19,22H,4,7-10,12-15H2,(H,23,27);2*1H3,(H,3,4)/t19-,21+;;/m1../s1. The zero-order valence-electron chi connectivity index (χ0n) is 20.8. The molecule has 0 saturated carbocycles. The van der Waals surface area contributed by atoms with Crippen LogP contribution in [0.1, 0.15) is 43.6 Å². The number of hydrogen-bond acceptors (Lipinski definition) is 7. The summed E-state index contributed by atoms with van der Waals surface area (Å²) in [6.45, 7) is 7.73. The Labute approximate surface area is 210 Å². The van der Waals surface area contributed by atoms with Crippen molar-refractivity contribution in [2.45, 2.75) is 58.0 Å². The predicted molar refractivity (Wildman–Crippen MR) is 131 cm³/mol. The summed E-state index contributed by atoms with van der Waals surface area (Å²) in [6.07, 6.45) is 1.90. The molecule has 0 unspecified atom stereocenters. The van der Waals surface area contributed by atoms with E-state index in [0.29, 0.717) is 0 Å². The first-order chi connectivity index (χ1) is 17.2. The van der Waals surface area contributed by atoms with Crippen LogP contribution in [0.15, 0.2) is 36.4 Å². The first-order valence-corrected chi connectivity index (χ1v) is 12.1. The number of carboxylic acid groups (broad SMARTS) is 2. The molecule has 0 aliphatic carbocycles. The van der Waals surface area contributed by atoms with E-state index in [4.69, 9.17) is 29.6 Å². The number of carboxylic acids is 2. The monoisotopic (exact) mass is 501 g/mol. The van der Waals surface area contributed by atoms with Gasteiger partial charge in [0.05, 0.1) is 23.0 Å². The number of nitrogens with one attached hydrogen (secondary N) is 2. The molecule has 4 heterocycles. The van der Waals surface area contributed by atoms with E-state index in [9.17, 15) is 4.79 Å². The molecule has 2 fully saturated rings. The Morgan fingerprint density at radius 1 is 1.17 bits per heavy atom. The largest absolute Gasteiger partial charge is 0.481 e. The topological polar surface area (TPSA) is 146 Å². The summed E-state index contributed by atoms with van der Waals surface area (Å²) in [5.41, 5.74) is 3.09. The average Bonchev–Trinajstić information content (AvgIpc) is 3.06. The van der Waals surface area contributed by atoms with E-state index in [1.165, 1.54) is 5.69 Å². The molecule has 0 radical (unpaired) electrons. The van der Waals surface area contributed by atoms with Gasteiger partial charge in [0, 0.05) is 46.6 Å². The van der Waals surface area contributed by atoms with Crippen LogP contribution in [0.5, 0.6) is 0 Å². The summed E-state index contributed by atoms with van der Waals surface area (Å²) in [6, 6.07) is 12.5. The van der Waals surface area contributed by atoms with E-state index in [1.807, 2.05) is 18.2 Å². The van der Waals surface area contributed by atoms with Crippen LogP contribution in [0.4, 0.5) is 0 Å². The molecular weight excluding hydrogens is 466 g/mol. The second-order valence-corrected chi connectivity index (χ2v) is 9.09. The number of nitrogens with zero attached hydrogens (tertiary/aromatic N) is 3. The van der Waals surface area contributed by atoms with Crippen molar-refractivity contribution in [3.05, 3.63) is 53.3 Å². The number of piperidine rings is 1. The lowest BCUT2D eigenvalue weighted by Gasteiger charge is -2.50. The average molecular weight is 502 g/mol. The fourth-order valence-corrected chi connectivity index (χ4v) is 4.79. The third-order valence-electron chi connectivity index (χ3n) is 6.19. The zero-order valence-corrected chi connectivity index (χ0v) is 20.8. The molecule has 0 bridgehead atoms. The van der Waals surface area contributed by atoms with Crippen LogP contribution in [-0.4, -0.2) is 75.1 Å². The molecule has 11 heteroatoms. The molecule has 196 valence electrons. The molecule has 3 aliphatic heterocycles. The van der Waals surface area contributed by atoms with Crippen LogP contribution in [0.25, 0.3) is 0 Å². The summed E-state index contributed by atoms with van der Waals surface area (Å²) in [7, 11) is 0. The Kier molecular flexibility index (Phi) is 9.57. The highest BCUT2D eigenvalue weighted by Crippen LogP contribution is 2.37. The van der Waals surface area contributed by atoms with Gasteiger partial charge < -0.3 is 25.6 Å². The number of aliphatic carboxylic acids is 2. The number of rotatable bonds is 3. The lowest BCUT2D eigenvalue weighted by Crippen LogP contribution is -2.66. The number of aryl methyl sites for hydroxylation is 1. The van der Waals surface area contributed by atoms with Crippen LogP contribution in [0, 0.1) is 0 Å². The predicted octanol–water partition coefficient (Wildman–Crippen LogP) is 1.17. The minimum Gasteiger partial charge on any atom is -0.481 e. The van der Waals surface area contributed by atoms with Gasteiger partial charge in [0.25, 0.3) is 11.9 Å². The van der Waals surface area contributed by atoms with E-state index in [0.717, 1.165) is 77.2 Å². The quantitative estimate of drug-likeness (QED) is 0.487. The van der Waals surface area contributed by atoms with Crippen molar-refractivity contribution in [3.8, 4) is 0 Å². The van der Waals surface area contributed by atoms with Crippen molar-refractivity contribution in [1.82, 2.24) is 25.3 Å². The zero-order chi connectivity index (χ0) is 26.1. The van der Waals surface area contributed by atoms with Gasteiger partial charge in [-0.05, 0) is 31.0 Å². The highest BCUT2D eigenvalue weighted by atomic mass is 16.5. The van der Waals surface area contributed by atoms with Crippen LogP contribution in [0.3, 0.4) is 0 Å². The summed E-state index contributed by atoms with van der Waals surface area (Å²) >= 11 is 0. The van der Waals surface area contributed by atoms with Gasteiger partial charge in [0.15, 0.2) is 0 Å². The van der Waals surface area contributed by atoms with E-state index < -0.39 is 17.5 Å². The van der Waals surface area contributed by atoms with Gasteiger partial charge in [-0.15, -0.1) is 0 Å². The Bertz CT molecular complexity index is 999. The Balaban J connectivity index is 0.000000398. The maximum atomic E-state index is 12.1. The van der Waals surface area contributed by atoms with Gasteiger partial charge >= 0.3 is 0 Å². The number of morpholine rings is 1. The first kappa shape index (κ1) is 27.3. The van der Waals surface area contributed by atoms with E-state index in [1.54, 1.807) is 0 Å². The minimum absolute atomic E-state index is 0.0288. The molecule has 1 aromatic carbocycles. The number of amides is 1. The van der Waals surface area contributed by atoms with Gasteiger partial charge in [0.1, 0.15) is 6.61 Å². The lowest BCUT2D eigenvalue weighted by atomic mass is 9.77. The van der Waals surface area contributed by atoms with Crippen molar-refractivity contribution < 1.29 is 29.3 Å². The highest BCUT2D eigenvalue weighted by molar-refractivity contribution is 5.79. The molecule has 2 saturated heterocycles. The molecule has 2 atom stereocenters. The first-order valence-electron chi connectivity index (χ1n) is 12.1. The summed E-state index contributed by atoms with van der Waals surface area (Å²) in [5, 5.41) is 26.4. The number of fused-ring (bicyclic) bond motifs is 2. The molecule has 36 heavy (non-hydrogen) atoms. The van der Waals surface area contributed by atoms with Crippen molar-refractivity contribution >= 4 is 17.8 Å². The maximum absolute atomic E-state index is 12.1. The SMILES string of the molecule is CC(=O)O.CC(=O)O.O=C1CO[C@@H]2CN(Cc3cc4n(n3)CCCNC4)CC[C@@]2(c2ccccc2)N1. The number of benzene rings is 1. The van der Waals surface area contributed by atoms with Gasteiger partial charge in [-0.25, -0.2) is 0 Å². The molecule has 1 amide bonds. The van der Waals surface area contributed by atoms with Gasteiger partial charge in [-0.3, -0.25) is 24.0 Å². The second kappa shape index (κ2) is 12.6. The van der Waals surface area contributed by atoms with Crippen LogP contribution >= 0.6 is 0 Å². The maximum Gasteiger partial charge on any atom is 0.300 e. The Morgan fingerprint density at radius 3 is 2.56 bits per heavy atom. The second-order valence-electron chi connectivity index (χ2n) is 9.09. The molecule has 1 aromatic heterocycles. The number of hydrogen-bond donors (Lipinski definition) is 4.